The largest absolute Gasteiger partial charge is 0.380 e. The molecule has 1 saturated carbocycles. The van der Waals surface area contributed by atoms with E-state index in [-0.39, 0.29) is 5.92 Å². The summed E-state index contributed by atoms with van der Waals surface area (Å²) in [5, 5.41) is 12.8. The number of benzene rings is 2. The van der Waals surface area contributed by atoms with Gasteiger partial charge in [-0.3, -0.25) is 0 Å². The molecule has 2 aromatic rings. The molecule has 0 heterocycles. The van der Waals surface area contributed by atoms with E-state index in [1.807, 2.05) is 36.4 Å². The van der Waals surface area contributed by atoms with Crippen molar-refractivity contribution in [2.45, 2.75) is 31.8 Å². The third-order valence-corrected chi connectivity index (χ3v) is 5.68. The molecule has 0 bridgehead atoms. The Morgan fingerprint density at radius 1 is 1.15 bits per heavy atom. The molecule has 3 heteroatoms. The van der Waals surface area contributed by atoms with Crippen molar-refractivity contribution in [3.05, 3.63) is 75.8 Å². The lowest BCUT2D eigenvalue weighted by molar-refractivity contribution is -0.0178. The summed E-state index contributed by atoms with van der Waals surface area (Å²) in [7, 11) is 4.16. The number of aryl methyl sites for hydroxylation is 1. The van der Waals surface area contributed by atoms with Crippen LogP contribution in [0.1, 0.15) is 36.0 Å². The van der Waals surface area contributed by atoms with Gasteiger partial charge in [-0.05, 0) is 74.7 Å². The van der Waals surface area contributed by atoms with Gasteiger partial charge >= 0.3 is 0 Å². The molecule has 0 aliphatic heterocycles. The molecule has 1 fully saturated rings. The van der Waals surface area contributed by atoms with Gasteiger partial charge in [0.15, 0.2) is 0 Å². The Balaban J connectivity index is 2.11. The lowest BCUT2D eigenvalue weighted by Crippen LogP contribution is -2.45. The van der Waals surface area contributed by atoms with Crippen LogP contribution in [0.4, 0.5) is 0 Å². The van der Waals surface area contributed by atoms with E-state index in [9.17, 15) is 5.11 Å². The third kappa shape index (κ3) is 3.88. The Labute approximate surface area is 162 Å². The van der Waals surface area contributed by atoms with Gasteiger partial charge in [-0.15, -0.1) is 0 Å². The van der Waals surface area contributed by atoms with Crippen LogP contribution in [0, 0.1) is 12.8 Å². The van der Waals surface area contributed by atoms with E-state index in [0.29, 0.717) is 0 Å². The predicted octanol–water partition coefficient (Wildman–Crippen LogP) is 5.28. The topological polar surface area (TPSA) is 23.5 Å². The molecule has 2 aromatic carbocycles. The van der Waals surface area contributed by atoms with Crippen molar-refractivity contribution in [2.75, 3.05) is 20.6 Å². The van der Waals surface area contributed by atoms with E-state index in [2.05, 4.69) is 44.1 Å². The quantitative estimate of drug-likeness (QED) is 0.792. The fourth-order valence-corrected chi connectivity index (χ4v) is 4.33. The van der Waals surface area contributed by atoms with Gasteiger partial charge in [0, 0.05) is 17.5 Å². The lowest BCUT2D eigenvalue weighted by atomic mass is 9.67. The van der Waals surface area contributed by atoms with Crippen LogP contribution in [-0.4, -0.2) is 30.6 Å². The highest BCUT2D eigenvalue weighted by molar-refractivity contribution is 6.30. The molecule has 1 aliphatic rings. The minimum atomic E-state index is -0.937. The Hall–Kier alpha value is -1.61. The van der Waals surface area contributed by atoms with E-state index in [1.165, 1.54) is 0 Å². The molecule has 2 nitrogen and oxygen atoms in total. The van der Waals surface area contributed by atoms with Crippen LogP contribution in [0.25, 0.3) is 6.08 Å². The molecular formula is C23H28ClNO. The van der Waals surface area contributed by atoms with Crippen LogP contribution >= 0.6 is 11.6 Å². The first kappa shape index (κ1) is 19.2. The number of rotatable bonds is 4. The van der Waals surface area contributed by atoms with Crippen molar-refractivity contribution in [1.29, 1.82) is 0 Å². The maximum atomic E-state index is 12.1. The first-order valence-electron chi connectivity index (χ1n) is 9.31. The molecule has 0 amide bonds. The monoisotopic (exact) mass is 369 g/mol. The predicted molar refractivity (Wildman–Crippen MR) is 110 cm³/mol. The maximum Gasteiger partial charge on any atom is 0.115 e. The molecule has 138 valence electrons. The number of hydrogen-bond donors (Lipinski definition) is 1. The minimum absolute atomic E-state index is 0.172. The van der Waals surface area contributed by atoms with Crippen molar-refractivity contribution in [3.63, 3.8) is 0 Å². The second-order valence-corrected chi connectivity index (χ2v) is 8.09. The summed E-state index contributed by atoms with van der Waals surface area (Å²) in [6.07, 6.45) is 5.20. The Bertz CT molecular complexity index is 781. The van der Waals surface area contributed by atoms with Gasteiger partial charge < -0.3 is 10.0 Å². The van der Waals surface area contributed by atoms with Gasteiger partial charge in [0.1, 0.15) is 5.60 Å². The Morgan fingerprint density at radius 2 is 1.85 bits per heavy atom. The lowest BCUT2D eigenvalue weighted by Gasteiger charge is -2.44. The fourth-order valence-electron chi connectivity index (χ4n) is 4.20. The number of nitrogens with zero attached hydrogens (tertiary/aromatic N) is 1. The van der Waals surface area contributed by atoms with Crippen molar-refractivity contribution in [3.8, 4) is 0 Å². The summed E-state index contributed by atoms with van der Waals surface area (Å²) in [4.78, 5) is 2.18. The highest BCUT2D eigenvalue weighted by Gasteiger charge is 2.44. The van der Waals surface area contributed by atoms with Crippen LogP contribution in [-0.2, 0) is 5.60 Å². The smallest absolute Gasteiger partial charge is 0.115 e. The second-order valence-electron chi connectivity index (χ2n) is 7.65. The van der Waals surface area contributed by atoms with E-state index >= 15 is 0 Å². The van der Waals surface area contributed by atoms with Crippen molar-refractivity contribution >= 4 is 17.7 Å². The second kappa shape index (κ2) is 7.96. The maximum absolute atomic E-state index is 12.1. The van der Waals surface area contributed by atoms with E-state index in [4.69, 9.17) is 11.6 Å². The molecule has 1 N–H and O–H groups in total. The normalized spacial score (nSPS) is 25.0. The summed E-state index contributed by atoms with van der Waals surface area (Å²) in [5.74, 6) is 0.172. The zero-order valence-electron chi connectivity index (χ0n) is 15.9. The number of halogens is 1. The Kier molecular flexibility index (Phi) is 5.86. The summed E-state index contributed by atoms with van der Waals surface area (Å²) in [5.41, 5.74) is 3.43. The summed E-state index contributed by atoms with van der Waals surface area (Å²) < 4.78 is 0. The zero-order chi connectivity index (χ0) is 18.7. The molecule has 2 atom stereocenters. The summed E-state index contributed by atoms with van der Waals surface area (Å²) in [6, 6.07) is 16.1. The minimum Gasteiger partial charge on any atom is -0.380 e. The summed E-state index contributed by atoms with van der Waals surface area (Å²) in [6.45, 7) is 2.96. The molecule has 0 saturated heterocycles. The standard InChI is InChI=1S/C23H28ClNO/c1-17-7-4-5-10-22(17)23(26)19(8-6-9-20(23)16-25(2)3)15-18-11-13-21(24)14-12-18/h4-5,7,10-15,20,26H,6,8-9,16H2,1-3H3/b19-15+. The molecule has 0 radical (unpaired) electrons. The van der Waals surface area contributed by atoms with E-state index in [0.717, 1.165) is 53.1 Å². The van der Waals surface area contributed by atoms with Gasteiger partial charge in [0.25, 0.3) is 0 Å². The molecule has 3 rings (SSSR count). The van der Waals surface area contributed by atoms with Gasteiger partial charge in [-0.2, -0.15) is 0 Å². The highest BCUT2D eigenvalue weighted by atomic mass is 35.5. The fraction of sp³-hybridized carbons (Fsp3) is 0.391. The molecular weight excluding hydrogens is 342 g/mol. The van der Waals surface area contributed by atoms with Gasteiger partial charge in [-0.25, -0.2) is 0 Å². The van der Waals surface area contributed by atoms with E-state index < -0.39 is 5.60 Å². The summed E-state index contributed by atoms with van der Waals surface area (Å²) >= 11 is 6.03. The van der Waals surface area contributed by atoms with Gasteiger partial charge in [0.2, 0.25) is 0 Å². The first-order valence-corrected chi connectivity index (χ1v) is 9.69. The van der Waals surface area contributed by atoms with Crippen molar-refractivity contribution < 1.29 is 5.11 Å². The first-order chi connectivity index (χ1) is 12.4. The van der Waals surface area contributed by atoms with Crippen molar-refractivity contribution in [1.82, 2.24) is 4.90 Å². The molecule has 2 unspecified atom stereocenters. The average molecular weight is 370 g/mol. The molecule has 0 spiro atoms. The van der Waals surface area contributed by atoms with Crippen LogP contribution in [0.5, 0.6) is 0 Å². The average Bonchev–Trinajstić information content (AvgIpc) is 2.60. The van der Waals surface area contributed by atoms with Crippen LogP contribution < -0.4 is 0 Å². The molecule has 26 heavy (non-hydrogen) atoms. The van der Waals surface area contributed by atoms with Crippen molar-refractivity contribution in [2.24, 2.45) is 5.92 Å². The van der Waals surface area contributed by atoms with Gasteiger partial charge in [-0.1, -0.05) is 54.1 Å². The van der Waals surface area contributed by atoms with Crippen LogP contribution in [0.15, 0.2) is 54.1 Å². The van der Waals surface area contributed by atoms with Crippen LogP contribution in [0.2, 0.25) is 5.02 Å². The SMILES string of the molecule is Cc1ccccc1C1(O)/C(=C/c2ccc(Cl)cc2)CCCC1CN(C)C. The molecule has 1 aliphatic carbocycles. The highest BCUT2D eigenvalue weighted by Crippen LogP contribution is 2.47. The number of hydrogen-bond acceptors (Lipinski definition) is 2. The number of aliphatic hydroxyl groups is 1. The zero-order valence-corrected chi connectivity index (χ0v) is 16.6. The molecule has 0 aromatic heterocycles. The third-order valence-electron chi connectivity index (χ3n) is 5.43. The van der Waals surface area contributed by atoms with Gasteiger partial charge in [0.05, 0.1) is 0 Å². The van der Waals surface area contributed by atoms with E-state index in [1.54, 1.807) is 0 Å². The van der Waals surface area contributed by atoms with Crippen LogP contribution in [0.3, 0.4) is 0 Å². The Morgan fingerprint density at radius 3 is 2.50 bits per heavy atom.